The first kappa shape index (κ1) is 13.8. The number of benzene rings is 1. The Morgan fingerprint density at radius 2 is 2.10 bits per heavy atom. The van der Waals surface area contributed by atoms with Gasteiger partial charge in [-0.15, -0.1) is 0 Å². The van der Waals surface area contributed by atoms with Crippen LogP contribution < -0.4 is 10.6 Å². The maximum Gasteiger partial charge on any atom is 0.293 e. The number of piperidine rings is 1. The lowest BCUT2D eigenvalue weighted by atomic mass is 9.95. The van der Waals surface area contributed by atoms with Crippen molar-refractivity contribution in [2.24, 2.45) is 11.7 Å². The highest BCUT2D eigenvalue weighted by atomic mass is 16.6. The summed E-state index contributed by atoms with van der Waals surface area (Å²) in [5, 5.41) is 19.9. The van der Waals surface area contributed by atoms with Crippen LogP contribution in [0.4, 0.5) is 11.4 Å². The molecule has 1 aromatic rings. The molecule has 0 unspecified atom stereocenters. The average molecular weight is 274 g/mol. The van der Waals surface area contributed by atoms with Gasteiger partial charge in [0.15, 0.2) is 0 Å². The van der Waals surface area contributed by atoms with Crippen molar-refractivity contribution in [2.75, 3.05) is 18.0 Å². The summed E-state index contributed by atoms with van der Waals surface area (Å²) in [7, 11) is 0. The first-order valence-electron chi connectivity index (χ1n) is 6.25. The van der Waals surface area contributed by atoms with E-state index in [0.717, 1.165) is 0 Å². The van der Waals surface area contributed by atoms with Gasteiger partial charge in [0.25, 0.3) is 5.69 Å². The molecule has 20 heavy (non-hydrogen) atoms. The van der Waals surface area contributed by atoms with Crippen LogP contribution in [0.3, 0.4) is 0 Å². The number of nitriles is 1. The molecule has 1 heterocycles. The van der Waals surface area contributed by atoms with Crippen molar-refractivity contribution in [1.82, 2.24) is 0 Å². The van der Waals surface area contributed by atoms with Gasteiger partial charge in [-0.25, -0.2) is 0 Å². The third-order valence-corrected chi connectivity index (χ3v) is 3.54. The Bertz CT molecular complexity index is 586. The van der Waals surface area contributed by atoms with Crippen molar-refractivity contribution in [2.45, 2.75) is 12.8 Å². The largest absolute Gasteiger partial charge is 0.369 e. The van der Waals surface area contributed by atoms with Crippen LogP contribution in [-0.4, -0.2) is 23.9 Å². The third-order valence-electron chi connectivity index (χ3n) is 3.54. The predicted molar refractivity (Wildman–Crippen MR) is 71.9 cm³/mol. The van der Waals surface area contributed by atoms with Gasteiger partial charge in [0.1, 0.15) is 5.69 Å². The minimum Gasteiger partial charge on any atom is -0.369 e. The molecule has 7 nitrogen and oxygen atoms in total. The fourth-order valence-electron chi connectivity index (χ4n) is 2.41. The third kappa shape index (κ3) is 2.69. The van der Waals surface area contributed by atoms with E-state index < -0.39 is 4.92 Å². The number of hydrogen-bond acceptors (Lipinski definition) is 5. The smallest absolute Gasteiger partial charge is 0.293 e. The lowest BCUT2D eigenvalue weighted by Gasteiger charge is -2.31. The van der Waals surface area contributed by atoms with E-state index in [2.05, 4.69) is 0 Å². The highest BCUT2D eigenvalue weighted by molar-refractivity contribution is 5.77. The molecule has 0 aliphatic carbocycles. The summed E-state index contributed by atoms with van der Waals surface area (Å²) >= 11 is 0. The van der Waals surface area contributed by atoms with Gasteiger partial charge >= 0.3 is 0 Å². The van der Waals surface area contributed by atoms with Crippen LogP contribution in [0.25, 0.3) is 0 Å². The van der Waals surface area contributed by atoms with E-state index in [-0.39, 0.29) is 23.1 Å². The number of carbonyl (C=O) groups is 1. The Balaban J connectivity index is 2.24. The quantitative estimate of drug-likeness (QED) is 0.656. The van der Waals surface area contributed by atoms with Crippen molar-refractivity contribution in [3.05, 3.63) is 33.9 Å². The maximum absolute atomic E-state index is 11.1. The van der Waals surface area contributed by atoms with Gasteiger partial charge in [0.2, 0.25) is 5.91 Å². The number of primary amides is 1. The Hall–Kier alpha value is -2.62. The fraction of sp³-hybridized carbons (Fsp3) is 0.385. The molecular weight excluding hydrogens is 260 g/mol. The van der Waals surface area contributed by atoms with E-state index in [1.54, 1.807) is 12.1 Å². The molecule has 1 saturated heterocycles. The van der Waals surface area contributed by atoms with E-state index >= 15 is 0 Å². The number of carbonyl (C=O) groups excluding carboxylic acids is 1. The van der Waals surface area contributed by atoms with Gasteiger partial charge in [0, 0.05) is 25.1 Å². The molecule has 2 rings (SSSR count). The number of anilines is 1. The Morgan fingerprint density at radius 1 is 1.45 bits per heavy atom. The molecule has 0 spiro atoms. The normalized spacial score (nSPS) is 15.7. The average Bonchev–Trinajstić information content (AvgIpc) is 2.46. The molecule has 0 saturated carbocycles. The van der Waals surface area contributed by atoms with Crippen LogP contribution in [0.15, 0.2) is 18.2 Å². The number of hydrogen-bond donors (Lipinski definition) is 1. The minimum absolute atomic E-state index is 0.0819. The Labute approximate surface area is 115 Å². The highest BCUT2D eigenvalue weighted by Crippen LogP contribution is 2.32. The SMILES string of the molecule is N#Cc1ccc(N2CCC(C(N)=O)CC2)c([N+](=O)[O-])c1. The van der Waals surface area contributed by atoms with Crippen LogP contribution in [0.5, 0.6) is 0 Å². The highest BCUT2D eigenvalue weighted by Gasteiger charge is 2.27. The topological polar surface area (TPSA) is 113 Å². The van der Waals surface area contributed by atoms with Crippen molar-refractivity contribution >= 4 is 17.3 Å². The van der Waals surface area contributed by atoms with Crippen LogP contribution in [-0.2, 0) is 4.79 Å². The molecule has 1 amide bonds. The van der Waals surface area contributed by atoms with Gasteiger partial charge in [-0.05, 0) is 25.0 Å². The zero-order valence-electron chi connectivity index (χ0n) is 10.8. The summed E-state index contributed by atoms with van der Waals surface area (Å²) in [5.41, 5.74) is 5.92. The predicted octanol–water partition coefficient (Wildman–Crippen LogP) is 1.17. The van der Waals surface area contributed by atoms with Gasteiger partial charge < -0.3 is 10.6 Å². The molecule has 1 aromatic carbocycles. The van der Waals surface area contributed by atoms with E-state index in [4.69, 9.17) is 11.0 Å². The van der Waals surface area contributed by atoms with Crippen LogP contribution >= 0.6 is 0 Å². The molecule has 0 atom stereocenters. The molecule has 0 bridgehead atoms. The second-order valence-electron chi connectivity index (χ2n) is 4.74. The number of nitro benzene ring substituents is 1. The van der Waals surface area contributed by atoms with E-state index in [1.807, 2.05) is 11.0 Å². The summed E-state index contributed by atoms with van der Waals surface area (Å²) in [6, 6.07) is 6.31. The second-order valence-corrected chi connectivity index (χ2v) is 4.74. The van der Waals surface area contributed by atoms with Crippen LogP contribution in [0.2, 0.25) is 0 Å². The zero-order chi connectivity index (χ0) is 14.7. The maximum atomic E-state index is 11.1. The van der Waals surface area contributed by atoms with E-state index in [0.29, 0.717) is 31.6 Å². The van der Waals surface area contributed by atoms with Crippen molar-refractivity contribution in [1.29, 1.82) is 5.26 Å². The lowest BCUT2D eigenvalue weighted by molar-refractivity contribution is -0.384. The van der Waals surface area contributed by atoms with Crippen LogP contribution in [0.1, 0.15) is 18.4 Å². The van der Waals surface area contributed by atoms with Gasteiger partial charge in [-0.3, -0.25) is 14.9 Å². The molecule has 0 aromatic heterocycles. The Morgan fingerprint density at radius 3 is 2.60 bits per heavy atom. The van der Waals surface area contributed by atoms with E-state index in [1.165, 1.54) is 6.07 Å². The standard InChI is InChI=1S/C13H14N4O3/c14-8-9-1-2-11(12(7-9)17(19)20)16-5-3-10(4-6-16)13(15)18/h1-2,7,10H,3-6H2,(H2,15,18). The van der Waals surface area contributed by atoms with Gasteiger partial charge in [0.05, 0.1) is 16.6 Å². The van der Waals surface area contributed by atoms with Gasteiger partial charge in [-0.2, -0.15) is 5.26 Å². The second kappa shape index (κ2) is 5.57. The lowest BCUT2D eigenvalue weighted by Crippen LogP contribution is -2.38. The van der Waals surface area contributed by atoms with Crippen molar-refractivity contribution in [3.8, 4) is 6.07 Å². The number of nitrogens with two attached hydrogens (primary N) is 1. The summed E-state index contributed by atoms with van der Waals surface area (Å²) in [6.07, 6.45) is 1.18. The fourth-order valence-corrected chi connectivity index (χ4v) is 2.41. The summed E-state index contributed by atoms with van der Waals surface area (Å²) in [5.74, 6) is -0.484. The summed E-state index contributed by atoms with van der Waals surface area (Å²) < 4.78 is 0. The number of amides is 1. The molecule has 1 aliphatic heterocycles. The van der Waals surface area contributed by atoms with Crippen LogP contribution in [0, 0.1) is 27.4 Å². The van der Waals surface area contributed by atoms with E-state index in [9.17, 15) is 14.9 Å². The van der Waals surface area contributed by atoms with Crippen molar-refractivity contribution < 1.29 is 9.72 Å². The van der Waals surface area contributed by atoms with Gasteiger partial charge in [-0.1, -0.05) is 0 Å². The summed E-state index contributed by atoms with van der Waals surface area (Å²) in [4.78, 5) is 23.6. The monoisotopic (exact) mass is 274 g/mol. The zero-order valence-corrected chi connectivity index (χ0v) is 10.8. The molecule has 104 valence electrons. The molecule has 1 aliphatic rings. The number of rotatable bonds is 3. The molecule has 2 N–H and O–H groups in total. The molecule has 7 heteroatoms. The van der Waals surface area contributed by atoms with Crippen molar-refractivity contribution in [3.63, 3.8) is 0 Å². The first-order valence-corrected chi connectivity index (χ1v) is 6.25. The molecular formula is C13H14N4O3. The molecule has 1 fully saturated rings. The number of nitrogens with zero attached hydrogens (tertiary/aromatic N) is 3. The Kier molecular flexibility index (Phi) is 3.84. The number of nitro groups is 1. The summed E-state index contributed by atoms with van der Waals surface area (Å²) in [6.45, 7) is 1.08. The first-order chi connectivity index (χ1) is 9.52. The molecule has 0 radical (unpaired) electrons. The minimum atomic E-state index is -0.490.